The summed E-state index contributed by atoms with van der Waals surface area (Å²) in [6, 6.07) is 19.1. The average molecular weight is 447 g/mol. The molecule has 0 aliphatic carbocycles. The van der Waals surface area contributed by atoms with Gasteiger partial charge in [-0.15, -0.1) is 0 Å². The lowest BCUT2D eigenvalue weighted by molar-refractivity contribution is 0.460. The van der Waals surface area contributed by atoms with Crippen molar-refractivity contribution in [1.82, 2.24) is 19.4 Å². The van der Waals surface area contributed by atoms with Crippen molar-refractivity contribution in [3.8, 4) is 17.7 Å². The van der Waals surface area contributed by atoms with Crippen LogP contribution in [0.1, 0.15) is 28.1 Å². The lowest BCUT2D eigenvalue weighted by Gasteiger charge is -2.12. The summed E-state index contributed by atoms with van der Waals surface area (Å²) < 4.78 is 7.61. The second kappa shape index (κ2) is 8.34. The number of benzene rings is 2. The molecule has 0 bridgehead atoms. The van der Waals surface area contributed by atoms with Crippen LogP contribution in [0.3, 0.4) is 0 Å². The van der Waals surface area contributed by atoms with E-state index in [9.17, 15) is 10.1 Å². The Balaban J connectivity index is 1.74. The summed E-state index contributed by atoms with van der Waals surface area (Å²) in [6.45, 7) is 5.83. The highest BCUT2D eigenvalue weighted by Crippen LogP contribution is 2.28. The zero-order valence-corrected chi connectivity index (χ0v) is 19.0. The van der Waals surface area contributed by atoms with Crippen molar-refractivity contribution >= 4 is 28.3 Å². The van der Waals surface area contributed by atoms with Crippen LogP contribution in [0.4, 0.5) is 0 Å². The van der Waals surface area contributed by atoms with Crippen molar-refractivity contribution in [2.24, 2.45) is 0 Å². The Morgan fingerprint density at radius 1 is 1.06 bits per heavy atom. The van der Waals surface area contributed by atoms with Gasteiger partial charge in [0.2, 0.25) is 5.88 Å². The van der Waals surface area contributed by atoms with Crippen LogP contribution in [0.2, 0.25) is 0 Å². The van der Waals surface area contributed by atoms with Gasteiger partial charge in [0.1, 0.15) is 28.9 Å². The third kappa shape index (κ3) is 3.82. The molecule has 0 saturated carbocycles. The molecule has 3 heterocycles. The van der Waals surface area contributed by atoms with Crippen LogP contribution >= 0.6 is 0 Å². The van der Waals surface area contributed by atoms with Crippen LogP contribution in [-0.4, -0.2) is 19.4 Å². The van der Waals surface area contributed by atoms with Crippen LogP contribution in [0.25, 0.3) is 28.3 Å². The maximum atomic E-state index is 13.5. The highest BCUT2D eigenvalue weighted by atomic mass is 16.5. The van der Waals surface area contributed by atoms with Crippen LogP contribution in [-0.2, 0) is 0 Å². The summed E-state index contributed by atoms with van der Waals surface area (Å²) in [6.07, 6.45) is 3.14. The normalized spacial score (nSPS) is 11.6. The molecule has 0 spiro atoms. The van der Waals surface area contributed by atoms with E-state index in [1.807, 2.05) is 69.3 Å². The maximum absolute atomic E-state index is 13.5. The molecular formula is C27H21N5O2. The standard InChI is InChI=1S/C27H21N5O2/c1-16-11-17(2)13-20(12-16)34-26-21(27(33)32-10-6-7-18(3)25(32)31-26)14-19(15-28)24-29-22-8-4-5-9-23(22)30-24/h4-14H,1-3H3,(H,29,30)/b19-14+. The third-order valence-corrected chi connectivity index (χ3v) is 5.51. The summed E-state index contributed by atoms with van der Waals surface area (Å²) in [7, 11) is 0. The Hall–Kier alpha value is -4.70. The molecule has 3 aromatic heterocycles. The van der Waals surface area contributed by atoms with Crippen molar-refractivity contribution in [2.45, 2.75) is 20.8 Å². The van der Waals surface area contributed by atoms with E-state index in [1.165, 1.54) is 10.5 Å². The summed E-state index contributed by atoms with van der Waals surface area (Å²) in [5, 5.41) is 9.92. The van der Waals surface area contributed by atoms with E-state index in [1.54, 1.807) is 12.3 Å². The monoisotopic (exact) mass is 447 g/mol. The minimum atomic E-state index is -0.336. The highest BCUT2D eigenvalue weighted by Gasteiger charge is 2.17. The van der Waals surface area contributed by atoms with Gasteiger partial charge in [-0.2, -0.15) is 10.2 Å². The maximum Gasteiger partial charge on any atom is 0.269 e. The smallest absolute Gasteiger partial charge is 0.269 e. The number of nitriles is 1. The van der Waals surface area contributed by atoms with Crippen molar-refractivity contribution in [3.05, 3.63) is 99.2 Å². The Kier molecular flexibility index (Phi) is 5.19. The van der Waals surface area contributed by atoms with Crippen LogP contribution in [0.15, 0.2) is 65.6 Å². The molecule has 0 amide bonds. The number of para-hydroxylation sites is 2. The molecule has 7 heteroatoms. The van der Waals surface area contributed by atoms with Gasteiger partial charge in [0.15, 0.2) is 0 Å². The lowest BCUT2D eigenvalue weighted by atomic mass is 10.1. The van der Waals surface area contributed by atoms with Crippen molar-refractivity contribution in [2.75, 3.05) is 0 Å². The summed E-state index contributed by atoms with van der Waals surface area (Å²) in [5.41, 5.74) is 4.94. The molecule has 0 saturated heterocycles. The number of imidazole rings is 1. The number of hydrogen-bond donors (Lipinski definition) is 1. The summed E-state index contributed by atoms with van der Waals surface area (Å²) in [4.78, 5) is 25.9. The van der Waals surface area contributed by atoms with Crippen molar-refractivity contribution in [1.29, 1.82) is 5.26 Å². The highest BCUT2D eigenvalue weighted by molar-refractivity contribution is 5.91. The molecule has 0 atom stereocenters. The minimum Gasteiger partial charge on any atom is -0.438 e. The average Bonchev–Trinajstić information content (AvgIpc) is 3.23. The molecule has 5 aromatic rings. The second-order valence-corrected chi connectivity index (χ2v) is 8.22. The molecule has 0 fully saturated rings. The van der Waals surface area contributed by atoms with Crippen LogP contribution in [0, 0.1) is 32.1 Å². The van der Waals surface area contributed by atoms with Gasteiger partial charge in [-0.3, -0.25) is 9.20 Å². The van der Waals surface area contributed by atoms with E-state index in [0.717, 1.165) is 27.7 Å². The molecule has 166 valence electrons. The van der Waals surface area contributed by atoms with Gasteiger partial charge in [0.05, 0.1) is 16.6 Å². The molecule has 7 nitrogen and oxygen atoms in total. The first-order chi connectivity index (χ1) is 16.4. The van der Waals surface area contributed by atoms with Crippen LogP contribution < -0.4 is 10.3 Å². The van der Waals surface area contributed by atoms with Gasteiger partial charge >= 0.3 is 0 Å². The zero-order valence-electron chi connectivity index (χ0n) is 19.0. The number of allylic oxidation sites excluding steroid dienone is 1. The molecule has 5 rings (SSSR count). The van der Waals surface area contributed by atoms with E-state index in [4.69, 9.17) is 4.74 Å². The largest absolute Gasteiger partial charge is 0.438 e. The topological polar surface area (TPSA) is 96.1 Å². The van der Waals surface area contributed by atoms with Gasteiger partial charge in [0.25, 0.3) is 5.56 Å². The Bertz CT molecular complexity index is 1650. The second-order valence-electron chi connectivity index (χ2n) is 8.22. The summed E-state index contributed by atoms with van der Waals surface area (Å²) >= 11 is 0. The van der Waals surface area contributed by atoms with E-state index in [2.05, 4.69) is 21.0 Å². The lowest BCUT2D eigenvalue weighted by Crippen LogP contribution is -2.19. The fourth-order valence-corrected chi connectivity index (χ4v) is 3.98. The van der Waals surface area contributed by atoms with Gasteiger partial charge in [-0.25, -0.2) is 4.98 Å². The van der Waals surface area contributed by atoms with Gasteiger partial charge in [0, 0.05) is 6.20 Å². The molecule has 0 aliphatic heterocycles. The van der Waals surface area contributed by atoms with Gasteiger partial charge < -0.3 is 9.72 Å². The molecule has 0 aliphatic rings. The Labute approximate surface area is 195 Å². The van der Waals surface area contributed by atoms with E-state index in [0.29, 0.717) is 17.2 Å². The van der Waals surface area contributed by atoms with Gasteiger partial charge in [-0.1, -0.05) is 24.3 Å². The van der Waals surface area contributed by atoms with E-state index < -0.39 is 0 Å². The number of H-pyrrole nitrogens is 1. The number of pyridine rings is 1. The molecular weight excluding hydrogens is 426 g/mol. The number of hydrogen-bond acceptors (Lipinski definition) is 5. The SMILES string of the molecule is Cc1cc(C)cc(Oc2nc3c(C)cccn3c(=O)c2/C=C(\C#N)c2nc3ccccc3[nH]2)c1. The molecule has 1 N–H and O–H groups in total. The van der Waals surface area contributed by atoms with Gasteiger partial charge in [-0.05, 0) is 73.9 Å². The van der Waals surface area contributed by atoms with Crippen molar-refractivity contribution in [3.63, 3.8) is 0 Å². The molecule has 2 aromatic carbocycles. The fraction of sp³-hybridized carbons (Fsp3) is 0.111. The quantitative estimate of drug-likeness (QED) is 0.375. The predicted octanol–water partition coefficient (Wildman–Crippen LogP) is 5.35. The Morgan fingerprint density at radius 3 is 2.56 bits per heavy atom. The number of aromatic nitrogens is 4. The number of aromatic amines is 1. The first kappa shape index (κ1) is 21.2. The van der Waals surface area contributed by atoms with E-state index >= 15 is 0 Å². The number of ether oxygens (including phenoxy) is 1. The molecule has 0 radical (unpaired) electrons. The summed E-state index contributed by atoms with van der Waals surface area (Å²) in [5.74, 6) is 1.07. The van der Waals surface area contributed by atoms with Crippen LogP contribution in [0.5, 0.6) is 11.6 Å². The zero-order chi connectivity index (χ0) is 23.8. The molecule has 34 heavy (non-hydrogen) atoms. The number of nitrogens with one attached hydrogen (secondary N) is 1. The third-order valence-electron chi connectivity index (χ3n) is 5.51. The fourth-order valence-electron chi connectivity index (χ4n) is 3.98. The number of rotatable bonds is 4. The molecule has 0 unspecified atom stereocenters. The predicted molar refractivity (Wildman–Crippen MR) is 132 cm³/mol. The first-order valence-electron chi connectivity index (χ1n) is 10.8. The van der Waals surface area contributed by atoms with Crippen molar-refractivity contribution < 1.29 is 4.74 Å². The van der Waals surface area contributed by atoms with E-state index in [-0.39, 0.29) is 22.6 Å². The number of nitrogens with zero attached hydrogens (tertiary/aromatic N) is 4. The first-order valence-corrected chi connectivity index (χ1v) is 10.8. The minimum absolute atomic E-state index is 0.133. The number of aryl methyl sites for hydroxylation is 3. The number of fused-ring (bicyclic) bond motifs is 2. The Morgan fingerprint density at radius 2 is 1.82 bits per heavy atom.